The van der Waals surface area contributed by atoms with E-state index in [9.17, 15) is 0 Å². The van der Waals surface area contributed by atoms with Crippen LogP contribution in [0, 0.1) is 0 Å². The van der Waals surface area contributed by atoms with Crippen LogP contribution in [0.25, 0.3) is 0 Å². The Kier molecular flexibility index (Phi) is 3.99. The quantitative estimate of drug-likeness (QED) is 0.895. The normalized spacial score (nSPS) is 12.1. The zero-order valence-electron chi connectivity index (χ0n) is 12.4. The van der Waals surface area contributed by atoms with Gasteiger partial charge in [-0.2, -0.15) is 5.10 Å². The zero-order valence-corrected chi connectivity index (χ0v) is 13.2. The van der Waals surface area contributed by atoms with Crippen LogP contribution in [0.2, 0.25) is 0 Å². The fourth-order valence-electron chi connectivity index (χ4n) is 1.78. The Hall–Kier alpha value is -1.29. The lowest BCUT2D eigenvalue weighted by molar-refractivity contribution is 0.532. The number of hydrogen-bond acceptors (Lipinski definition) is 3. The van der Waals surface area contributed by atoms with Crippen LogP contribution in [0.4, 0.5) is 5.69 Å². The molecule has 0 aliphatic heterocycles. The van der Waals surface area contributed by atoms with Crippen molar-refractivity contribution in [3.05, 3.63) is 34.3 Å². The van der Waals surface area contributed by atoms with E-state index in [1.165, 1.54) is 9.75 Å². The molecule has 0 saturated heterocycles. The number of aromatic nitrogens is 2. The van der Waals surface area contributed by atoms with E-state index in [1.807, 2.05) is 22.2 Å². The first-order valence-electron chi connectivity index (χ1n) is 6.73. The summed E-state index contributed by atoms with van der Waals surface area (Å²) in [7, 11) is 0. The van der Waals surface area contributed by atoms with Gasteiger partial charge in [-0.25, -0.2) is 0 Å². The smallest absolute Gasteiger partial charge is 0.0729 e. The molecule has 0 bridgehead atoms. The molecule has 0 amide bonds. The summed E-state index contributed by atoms with van der Waals surface area (Å²) in [6.07, 6.45) is 3.95. The second-order valence-corrected chi connectivity index (χ2v) is 7.34. The van der Waals surface area contributed by atoms with E-state index in [2.05, 4.69) is 63.4 Å². The van der Waals surface area contributed by atoms with Crippen molar-refractivity contribution in [2.45, 2.75) is 52.6 Å². The number of hydrogen-bond donors (Lipinski definition) is 1. The summed E-state index contributed by atoms with van der Waals surface area (Å²) < 4.78 is 1.97. The predicted octanol–water partition coefficient (Wildman–Crippen LogP) is 4.44. The van der Waals surface area contributed by atoms with E-state index in [1.54, 1.807) is 0 Å². The average Bonchev–Trinajstić information content (AvgIpc) is 2.95. The highest BCUT2D eigenvalue weighted by Crippen LogP contribution is 2.29. The first-order chi connectivity index (χ1) is 8.86. The van der Waals surface area contributed by atoms with Crippen molar-refractivity contribution >= 4 is 17.0 Å². The molecule has 2 rings (SSSR count). The van der Waals surface area contributed by atoms with Crippen molar-refractivity contribution in [3.63, 3.8) is 0 Å². The van der Waals surface area contributed by atoms with Crippen molar-refractivity contribution in [2.24, 2.45) is 0 Å². The Labute approximate surface area is 119 Å². The predicted molar refractivity (Wildman–Crippen MR) is 83.0 cm³/mol. The topological polar surface area (TPSA) is 29.9 Å². The van der Waals surface area contributed by atoms with Crippen LogP contribution in [0.3, 0.4) is 0 Å². The molecule has 19 heavy (non-hydrogen) atoms. The summed E-state index contributed by atoms with van der Waals surface area (Å²) in [6.45, 7) is 11.9. The maximum absolute atomic E-state index is 4.33. The van der Waals surface area contributed by atoms with Gasteiger partial charge in [-0.05, 0) is 31.4 Å². The highest BCUT2D eigenvalue weighted by molar-refractivity contribution is 7.12. The second kappa shape index (κ2) is 5.37. The Balaban J connectivity index is 1.96. The minimum atomic E-state index is 0.242. The summed E-state index contributed by atoms with van der Waals surface area (Å²) in [4.78, 5) is 2.80. The van der Waals surface area contributed by atoms with Gasteiger partial charge in [0.2, 0.25) is 0 Å². The van der Waals surface area contributed by atoms with Crippen LogP contribution >= 0.6 is 11.3 Å². The zero-order chi connectivity index (χ0) is 14.0. The van der Waals surface area contributed by atoms with Crippen LogP contribution < -0.4 is 5.32 Å². The maximum Gasteiger partial charge on any atom is 0.0729 e. The Morgan fingerprint density at radius 1 is 1.32 bits per heavy atom. The molecule has 1 N–H and O–H groups in total. The molecular formula is C15H23N3S. The lowest BCUT2D eigenvalue weighted by Crippen LogP contribution is -2.07. The Bertz CT molecular complexity index is 532. The van der Waals surface area contributed by atoms with Crippen molar-refractivity contribution in [2.75, 3.05) is 5.32 Å². The van der Waals surface area contributed by atoms with Gasteiger partial charge in [0.1, 0.15) is 0 Å². The molecule has 0 saturated carbocycles. The first kappa shape index (κ1) is 14.1. The van der Waals surface area contributed by atoms with E-state index in [-0.39, 0.29) is 5.41 Å². The van der Waals surface area contributed by atoms with Gasteiger partial charge in [0, 0.05) is 28.5 Å². The van der Waals surface area contributed by atoms with E-state index in [0.717, 1.165) is 12.2 Å². The molecule has 3 nitrogen and oxygen atoms in total. The fourth-order valence-corrected chi connectivity index (χ4v) is 2.78. The van der Waals surface area contributed by atoms with Crippen molar-refractivity contribution in [1.82, 2.24) is 9.78 Å². The monoisotopic (exact) mass is 277 g/mol. The molecular weight excluding hydrogens is 254 g/mol. The Morgan fingerprint density at radius 2 is 2.05 bits per heavy atom. The van der Waals surface area contributed by atoms with E-state index >= 15 is 0 Å². The lowest BCUT2D eigenvalue weighted by Gasteiger charge is -2.15. The van der Waals surface area contributed by atoms with E-state index < -0.39 is 0 Å². The fraction of sp³-hybridized carbons (Fsp3) is 0.533. The second-order valence-electron chi connectivity index (χ2n) is 6.17. The van der Waals surface area contributed by atoms with Crippen molar-refractivity contribution in [3.8, 4) is 0 Å². The van der Waals surface area contributed by atoms with Gasteiger partial charge in [0.25, 0.3) is 0 Å². The van der Waals surface area contributed by atoms with Crippen molar-refractivity contribution in [1.29, 1.82) is 0 Å². The Morgan fingerprint density at radius 3 is 2.58 bits per heavy atom. The standard InChI is InChI=1S/C15H23N3S/c1-11(2)18-10-12(8-17-18)16-9-13-6-7-14(19-13)15(3,4)5/h6-8,10-11,16H,9H2,1-5H3. The van der Waals surface area contributed by atoms with E-state index in [4.69, 9.17) is 0 Å². The highest BCUT2D eigenvalue weighted by Gasteiger charge is 2.15. The van der Waals surface area contributed by atoms with Crippen LogP contribution in [0.5, 0.6) is 0 Å². The average molecular weight is 277 g/mol. The third-order valence-electron chi connectivity index (χ3n) is 3.00. The summed E-state index contributed by atoms with van der Waals surface area (Å²) in [5.41, 5.74) is 1.32. The van der Waals surface area contributed by atoms with Gasteiger partial charge in [-0.1, -0.05) is 20.8 Å². The molecule has 104 valence electrons. The number of nitrogens with zero attached hydrogens (tertiary/aromatic N) is 2. The summed E-state index contributed by atoms with van der Waals surface area (Å²) >= 11 is 1.88. The highest BCUT2D eigenvalue weighted by atomic mass is 32.1. The number of anilines is 1. The van der Waals surface area contributed by atoms with Crippen LogP contribution in [-0.4, -0.2) is 9.78 Å². The number of nitrogens with one attached hydrogen (secondary N) is 1. The SMILES string of the molecule is CC(C)n1cc(NCc2ccc(C(C)(C)C)s2)cn1. The van der Waals surface area contributed by atoms with Gasteiger partial charge in [-0.15, -0.1) is 11.3 Å². The number of rotatable bonds is 4. The van der Waals surface area contributed by atoms with Gasteiger partial charge in [0.15, 0.2) is 0 Å². The summed E-state index contributed by atoms with van der Waals surface area (Å²) in [5, 5.41) is 7.76. The molecule has 0 aromatic carbocycles. The van der Waals surface area contributed by atoms with Gasteiger partial charge in [-0.3, -0.25) is 4.68 Å². The van der Waals surface area contributed by atoms with E-state index in [0.29, 0.717) is 6.04 Å². The molecule has 2 aromatic heterocycles. The van der Waals surface area contributed by atoms with Crippen LogP contribution in [0.15, 0.2) is 24.5 Å². The maximum atomic E-state index is 4.33. The third-order valence-corrected chi connectivity index (χ3v) is 4.51. The molecule has 0 fully saturated rings. The van der Waals surface area contributed by atoms with Crippen LogP contribution in [-0.2, 0) is 12.0 Å². The first-order valence-corrected chi connectivity index (χ1v) is 7.55. The largest absolute Gasteiger partial charge is 0.378 e. The molecule has 0 atom stereocenters. The summed E-state index contributed by atoms with van der Waals surface area (Å²) in [5.74, 6) is 0. The van der Waals surface area contributed by atoms with Crippen molar-refractivity contribution < 1.29 is 0 Å². The van der Waals surface area contributed by atoms with Gasteiger partial charge >= 0.3 is 0 Å². The molecule has 0 aliphatic carbocycles. The molecule has 0 radical (unpaired) electrons. The molecule has 0 unspecified atom stereocenters. The molecule has 0 spiro atoms. The summed E-state index contributed by atoms with van der Waals surface area (Å²) in [6, 6.07) is 4.86. The minimum Gasteiger partial charge on any atom is -0.378 e. The molecule has 2 aromatic rings. The van der Waals surface area contributed by atoms with Crippen LogP contribution in [0.1, 0.15) is 50.4 Å². The molecule has 2 heterocycles. The molecule has 4 heteroatoms. The molecule has 0 aliphatic rings. The van der Waals surface area contributed by atoms with Gasteiger partial charge in [0.05, 0.1) is 11.9 Å². The van der Waals surface area contributed by atoms with Gasteiger partial charge < -0.3 is 5.32 Å². The minimum absolute atomic E-state index is 0.242. The lowest BCUT2D eigenvalue weighted by atomic mass is 9.95. The third kappa shape index (κ3) is 3.60. The number of thiophene rings is 1.